The number of ether oxygens (including phenoxy) is 1. The van der Waals surface area contributed by atoms with Crippen molar-refractivity contribution in [3.63, 3.8) is 0 Å². The number of nitrogens with one attached hydrogen (secondary N) is 1. The molecule has 0 bridgehead atoms. The zero-order valence-electron chi connectivity index (χ0n) is 34.6. The summed E-state index contributed by atoms with van der Waals surface area (Å²) in [5, 5.41) is 3.70. The molecule has 10 rings (SSSR count). The maximum Gasteiger partial charge on any atom is 0.410 e. The number of imidazole rings is 1. The molecular formula is C45H60N8O4. The number of likely N-dealkylation sites (tertiary alicyclic amines) is 3. The highest BCUT2D eigenvalue weighted by Crippen LogP contribution is 2.55. The normalized spacial score (nSPS) is 25.8. The van der Waals surface area contributed by atoms with Gasteiger partial charge in [-0.15, -0.1) is 0 Å². The Balaban J connectivity index is 0.889. The second-order valence-corrected chi connectivity index (χ2v) is 20.0. The van der Waals surface area contributed by atoms with Crippen LogP contribution in [0.4, 0.5) is 16.3 Å². The molecule has 3 saturated carbocycles. The first-order valence-electron chi connectivity index (χ1n) is 21.9. The molecule has 3 saturated heterocycles. The maximum atomic E-state index is 15.0. The number of fused-ring (bicyclic) bond motifs is 3. The third-order valence-corrected chi connectivity index (χ3v) is 14.4. The molecule has 1 aromatic carbocycles. The van der Waals surface area contributed by atoms with Gasteiger partial charge in [0.2, 0.25) is 11.8 Å². The van der Waals surface area contributed by atoms with Crippen LogP contribution in [0.5, 0.6) is 0 Å². The lowest BCUT2D eigenvalue weighted by molar-refractivity contribution is -0.155. The molecular weight excluding hydrogens is 717 g/mol. The van der Waals surface area contributed by atoms with Gasteiger partial charge in [-0.3, -0.25) is 9.59 Å². The number of nitrogens with zero attached hydrogens (tertiary/aromatic N) is 7. The van der Waals surface area contributed by atoms with E-state index in [2.05, 4.69) is 57.8 Å². The van der Waals surface area contributed by atoms with Gasteiger partial charge in [0.15, 0.2) is 5.82 Å². The number of rotatable bonds is 7. The van der Waals surface area contributed by atoms with Gasteiger partial charge >= 0.3 is 6.09 Å². The van der Waals surface area contributed by atoms with Crippen molar-refractivity contribution in [3.8, 4) is 11.3 Å². The number of benzene rings is 1. The Bertz CT molecular complexity index is 2080. The number of pyridine rings is 1. The van der Waals surface area contributed by atoms with Crippen LogP contribution in [0.3, 0.4) is 0 Å². The first kappa shape index (κ1) is 37.1. The number of piperidine rings is 2. The Morgan fingerprint density at radius 2 is 1.65 bits per heavy atom. The first-order valence-corrected chi connectivity index (χ1v) is 21.9. The minimum atomic E-state index is -0.629. The largest absolute Gasteiger partial charge is 0.444 e. The molecule has 0 radical (unpaired) electrons. The van der Waals surface area contributed by atoms with Crippen LogP contribution in [0.25, 0.3) is 22.3 Å². The third kappa shape index (κ3) is 6.39. The molecule has 2 aromatic heterocycles. The quantitative estimate of drug-likeness (QED) is 0.270. The van der Waals surface area contributed by atoms with Crippen LogP contribution in [-0.2, 0) is 19.7 Å². The lowest BCUT2D eigenvalue weighted by atomic mass is 9.57. The highest BCUT2D eigenvalue weighted by molar-refractivity contribution is 6.09. The summed E-state index contributed by atoms with van der Waals surface area (Å²) in [5.74, 6) is 1.31. The molecule has 12 heteroatoms. The Kier molecular flexibility index (Phi) is 8.74. The molecule has 3 aromatic rings. The van der Waals surface area contributed by atoms with Crippen molar-refractivity contribution in [1.29, 1.82) is 0 Å². The smallest absolute Gasteiger partial charge is 0.410 e. The molecule has 304 valence electrons. The number of anilines is 2. The summed E-state index contributed by atoms with van der Waals surface area (Å²) in [4.78, 5) is 60.2. The Hall–Kier alpha value is -4.19. The minimum absolute atomic E-state index is 0.0109. The lowest BCUT2D eigenvalue weighted by Crippen LogP contribution is -2.66. The van der Waals surface area contributed by atoms with E-state index in [4.69, 9.17) is 14.7 Å². The van der Waals surface area contributed by atoms with E-state index in [0.29, 0.717) is 51.1 Å². The summed E-state index contributed by atoms with van der Waals surface area (Å²) < 4.78 is 7.76. The fourth-order valence-corrected chi connectivity index (χ4v) is 11.1. The van der Waals surface area contributed by atoms with Crippen molar-refractivity contribution in [3.05, 3.63) is 36.2 Å². The Labute approximate surface area is 336 Å². The molecule has 2 spiro atoms. The number of aromatic nitrogens is 3. The molecule has 12 nitrogen and oxygen atoms in total. The van der Waals surface area contributed by atoms with E-state index >= 15 is 4.79 Å². The number of carbonyl (C=O) groups is 3. The second kappa shape index (κ2) is 13.4. The number of hydrogen-bond donors (Lipinski definition) is 1. The molecule has 4 aliphatic heterocycles. The van der Waals surface area contributed by atoms with Gasteiger partial charge in [-0.25, -0.2) is 14.8 Å². The average Bonchev–Trinajstić information content (AvgIpc) is 3.79. The van der Waals surface area contributed by atoms with Gasteiger partial charge in [0.1, 0.15) is 11.1 Å². The van der Waals surface area contributed by atoms with Gasteiger partial charge in [0.05, 0.1) is 23.0 Å². The first-order chi connectivity index (χ1) is 27.3. The van der Waals surface area contributed by atoms with Crippen LogP contribution in [-0.4, -0.2) is 110 Å². The Morgan fingerprint density at radius 3 is 2.32 bits per heavy atom. The summed E-state index contributed by atoms with van der Waals surface area (Å²) in [5.41, 5.74) is 4.90. The van der Waals surface area contributed by atoms with Crippen molar-refractivity contribution in [1.82, 2.24) is 29.2 Å². The molecule has 6 heterocycles. The minimum Gasteiger partial charge on any atom is -0.444 e. The molecule has 1 N–H and O–H groups in total. The number of hydrogen-bond acceptors (Lipinski definition) is 8. The fourth-order valence-electron chi connectivity index (χ4n) is 11.1. The van der Waals surface area contributed by atoms with Gasteiger partial charge in [0, 0.05) is 72.9 Å². The molecule has 0 atom stereocenters. The SMILES string of the molecule is CC(C)n1cnc2cc(-c3ccc4c(c3)N([C@H]3C[C@@H](N5CCCCC5)C3)C(=O)C43CCN(C(=O)C4CC5(C4)CN(C(=O)OC(C)(C)C)C5)CC3)nc(NC3CC3)c21. The van der Waals surface area contributed by atoms with E-state index in [-0.39, 0.29) is 41.3 Å². The van der Waals surface area contributed by atoms with Gasteiger partial charge in [-0.2, -0.15) is 0 Å². The summed E-state index contributed by atoms with van der Waals surface area (Å²) in [6.45, 7) is 14.9. The van der Waals surface area contributed by atoms with Crippen molar-refractivity contribution >= 4 is 40.4 Å². The van der Waals surface area contributed by atoms with E-state index in [0.717, 1.165) is 77.9 Å². The van der Waals surface area contributed by atoms with E-state index in [1.807, 2.05) is 32.0 Å². The molecule has 57 heavy (non-hydrogen) atoms. The summed E-state index contributed by atoms with van der Waals surface area (Å²) in [6.07, 6.45) is 12.8. The summed E-state index contributed by atoms with van der Waals surface area (Å²) >= 11 is 0. The van der Waals surface area contributed by atoms with Gasteiger partial charge in [0.25, 0.3) is 0 Å². The molecule has 3 amide bonds. The van der Waals surface area contributed by atoms with Gasteiger partial charge in [-0.1, -0.05) is 18.6 Å². The summed E-state index contributed by atoms with van der Waals surface area (Å²) in [7, 11) is 0. The van der Waals surface area contributed by atoms with Crippen molar-refractivity contribution in [2.75, 3.05) is 49.5 Å². The van der Waals surface area contributed by atoms with E-state index in [1.54, 1.807) is 4.90 Å². The highest BCUT2D eigenvalue weighted by atomic mass is 16.6. The maximum absolute atomic E-state index is 15.0. The lowest BCUT2D eigenvalue weighted by Gasteiger charge is -2.58. The third-order valence-electron chi connectivity index (χ3n) is 14.4. The van der Waals surface area contributed by atoms with Crippen LogP contribution >= 0.6 is 0 Å². The number of carbonyl (C=O) groups excluding carboxylic acids is 3. The summed E-state index contributed by atoms with van der Waals surface area (Å²) in [6, 6.07) is 10.1. The second-order valence-electron chi connectivity index (χ2n) is 20.0. The van der Waals surface area contributed by atoms with E-state index in [9.17, 15) is 9.59 Å². The zero-order valence-corrected chi connectivity index (χ0v) is 34.6. The van der Waals surface area contributed by atoms with Crippen LogP contribution in [0, 0.1) is 11.3 Å². The van der Waals surface area contributed by atoms with Crippen molar-refractivity contribution < 1.29 is 19.1 Å². The van der Waals surface area contributed by atoms with Crippen molar-refractivity contribution in [2.45, 2.75) is 140 Å². The predicted molar refractivity (Wildman–Crippen MR) is 220 cm³/mol. The number of amides is 3. The molecule has 0 unspecified atom stereocenters. The van der Waals surface area contributed by atoms with Crippen LogP contribution < -0.4 is 10.2 Å². The zero-order chi connectivity index (χ0) is 39.4. The van der Waals surface area contributed by atoms with Crippen LogP contribution in [0.2, 0.25) is 0 Å². The van der Waals surface area contributed by atoms with Gasteiger partial charge in [-0.05, 0) is 130 Å². The topological polar surface area (TPSA) is 116 Å². The average molecular weight is 777 g/mol. The van der Waals surface area contributed by atoms with Gasteiger partial charge < -0.3 is 34.2 Å². The van der Waals surface area contributed by atoms with Crippen LogP contribution in [0.1, 0.15) is 117 Å². The van der Waals surface area contributed by atoms with Crippen molar-refractivity contribution in [2.24, 2.45) is 11.3 Å². The molecule has 6 fully saturated rings. The van der Waals surface area contributed by atoms with E-state index in [1.165, 1.54) is 32.4 Å². The van der Waals surface area contributed by atoms with Crippen LogP contribution in [0.15, 0.2) is 30.6 Å². The highest BCUT2D eigenvalue weighted by Gasteiger charge is 2.59. The molecule has 7 aliphatic rings. The Morgan fingerprint density at radius 1 is 0.930 bits per heavy atom. The predicted octanol–water partition coefficient (Wildman–Crippen LogP) is 7.12. The standard InChI is InChI=1S/C45H60N8O4/c1-28(2)52-27-46-36-22-35(48-39(38(36)52)47-31-10-11-31)29-9-12-34-37(19-29)53(33-20-32(21-33)49-15-7-6-8-16-49)41(55)45(34)13-17-50(18-14-45)40(54)30-23-44(24-30)25-51(26-44)42(56)57-43(3,4)5/h9,12,19,22,27-28,30-33H,6-8,10-11,13-18,20-21,23-26H2,1-5H3,(H,47,48)/t32-,33+. The fraction of sp³-hybridized carbons (Fsp3) is 0.667. The van der Waals surface area contributed by atoms with E-state index < -0.39 is 11.0 Å². The molecule has 3 aliphatic carbocycles. The monoisotopic (exact) mass is 776 g/mol.